The third-order valence-corrected chi connectivity index (χ3v) is 1.30. The summed E-state index contributed by atoms with van der Waals surface area (Å²) < 4.78 is 4.66. The molecule has 0 saturated carbocycles. The van der Waals surface area contributed by atoms with Crippen LogP contribution in [0.4, 0.5) is 0 Å². The van der Waals surface area contributed by atoms with Crippen LogP contribution in [0, 0.1) is 0 Å². The molecule has 0 spiro atoms. The highest BCUT2D eigenvalue weighted by Gasteiger charge is 2.02. The van der Waals surface area contributed by atoms with E-state index in [1.54, 1.807) is 6.08 Å². The van der Waals surface area contributed by atoms with E-state index in [0.29, 0.717) is 12.8 Å². The molecule has 1 N–H and O–H groups in total. The summed E-state index contributed by atoms with van der Waals surface area (Å²) in [6.45, 7) is 6.94. The predicted octanol–water partition coefficient (Wildman–Crippen LogP) is 1.04. The molecule has 0 aromatic heterocycles. The van der Waals surface area contributed by atoms with E-state index in [1.807, 2.05) is 0 Å². The Morgan fingerprint density at radius 1 is 1.58 bits per heavy atom. The molecule has 12 heavy (non-hydrogen) atoms. The van der Waals surface area contributed by atoms with Crippen LogP contribution in [0.25, 0.3) is 0 Å². The predicted molar refractivity (Wildman–Crippen MR) is 46.6 cm³/mol. The number of ether oxygens (including phenoxy) is 1. The standard InChI is InChI=1S/C9H14O3/c1-3-5-8(10)6-7-12-9(11)4-2/h3-4,8,10H,1-2,5-7H2. The van der Waals surface area contributed by atoms with Crippen molar-refractivity contribution in [3.05, 3.63) is 25.3 Å². The van der Waals surface area contributed by atoms with Gasteiger partial charge in [0.15, 0.2) is 0 Å². The quantitative estimate of drug-likeness (QED) is 0.368. The molecule has 0 aliphatic carbocycles. The number of rotatable bonds is 6. The molecule has 0 heterocycles. The van der Waals surface area contributed by atoms with Crippen molar-refractivity contribution >= 4 is 5.97 Å². The Labute approximate surface area is 72.3 Å². The zero-order chi connectivity index (χ0) is 9.40. The number of esters is 1. The van der Waals surface area contributed by atoms with E-state index in [2.05, 4.69) is 17.9 Å². The first-order valence-corrected chi connectivity index (χ1v) is 3.79. The van der Waals surface area contributed by atoms with E-state index in [9.17, 15) is 4.79 Å². The summed E-state index contributed by atoms with van der Waals surface area (Å²) in [7, 11) is 0. The van der Waals surface area contributed by atoms with Crippen LogP contribution in [0.15, 0.2) is 25.3 Å². The Morgan fingerprint density at radius 2 is 2.25 bits per heavy atom. The number of aliphatic hydroxyl groups excluding tert-OH is 1. The van der Waals surface area contributed by atoms with Gasteiger partial charge in [-0.1, -0.05) is 12.7 Å². The molecule has 0 aromatic rings. The van der Waals surface area contributed by atoms with Crippen LogP contribution in [0.3, 0.4) is 0 Å². The molecule has 0 aliphatic rings. The van der Waals surface area contributed by atoms with Gasteiger partial charge in [-0.3, -0.25) is 0 Å². The molecule has 0 fully saturated rings. The van der Waals surface area contributed by atoms with Crippen molar-refractivity contribution in [2.45, 2.75) is 18.9 Å². The lowest BCUT2D eigenvalue weighted by Gasteiger charge is -2.06. The SMILES string of the molecule is C=CCC(O)CCOC(=O)C=C. The molecule has 0 aromatic carbocycles. The normalized spacial score (nSPS) is 11.8. The van der Waals surface area contributed by atoms with E-state index in [4.69, 9.17) is 5.11 Å². The van der Waals surface area contributed by atoms with Crippen LogP contribution >= 0.6 is 0 Å². The first-order chi connectivity index (χ1) is 5.70. The number of hydrogen-bond donors (Lipinski definition) is 1. The van der Waals surface area contributed by atoms with Crippen LogP contribution in [0.2, 0.25) is 0 Å². The van der Waals surface area contributed by atoms with Crippen LogP contribution in [-0.2, 0) is 9.53 Å². The Morgan fingerprint density at radius 3 is 2.75 bits per heavy atom. The van der Waals surface area contributed by atoms with E-state index < -0.39 is 12.1 Å². The van der Waals surface area contributed by atoms with Crippen molar-refractivity contribution in [2.24, 2.45) is 0 Å². The molecule has 68 valence electrons. The number of aliphatic hydroxyl groups is 1. The maximum Gasteiger partial charge on any atom is 0.330 e. The second-order valence-electron chi connectivity index (χ2n) is 2.34. The third-order valence-electron chi connectivity index (χ3n) is 1.30. The van der Waals surface area contributed by atoms with Crippen molar-refractivity contribution in [2.75, 3.05) is 6.61 Å². The highest BCUT2D eigenvalue weighted by molar-refractivity contribution is 5.81. The smallest absolute Gasteiger partial charge is 0.330 e. The van der Waals surface area contributed by atoms with Gasteiger partial charge < -0.3 is 9.84 Å². The van der Waals surface area contributed by atoms with Crippen molar-refractivity contribution in [1.29, 1.82) is 0 Å². The molecule has 0 radical (unpaired) electrons. The van der Waals surface area contributed by atoms with Gasteiger partial charge in [-0.2, -0.15) is 0 Å². The minimum atomic E-state index is -0.472. The van der Waals surface area contributed by atoms with Crippen LogP contribution < -0.4 is 0 Å². The molecule has 0 amide bonds. The number of carbonyl (C=O) groups excluding carboxylic acids is 1. The van der Waals surface area contributed by atoms with Gasteiger partial charge in [0.25, 0.3) is 0 Å². The van der Waals surface area contributed by atoms with E-state index >= 15 is 0 Å². The average molecular weight is 170 g/mol. The maximum absolute atomic E-state index is 10.5. The Balaban J connectivity index is 3.35. The van der Waals surface area contributed by atoms with E-state index in [-0.39, 0.29) is 6.61 Å². The summed E-state index contributed by atoms with van der Waals surface area (Å²) >= 11 is 0. The van der Waals surface area contributed by atoms with E-state index in [1.165, 1.54) is 0 Å². The van der Waals surface area contributed by atoms with Crippen molar-refractivity contribution < 1.29 is 14.6 Å². The first kappa shape index (κ1) is 10.9. The van der Waals surface area contributed by atoms with Crippen molar-refractivity contribution in [3.63, 3.8) is 0 Å². The molecule has 0 aliphatic heterocycles. The topological polar surface area (TPSA) is 46.5 Å². The highest BCUT2D eigenvalue weighted by atomic mass is 16.5. The Hall–Kier alpha value is -1.09. The fourth-order valence-corrected chi connectivity index (χ4v) is 0.665. The monoisotopic (exact) mass is 170 g/mol. The zero-order valence-corrected chi connectivity index (χ0v) is 7.03. The average Bonchev–Trinajstić information content (AvgIpc) is 2.04. The molecule has 3 heteroatoms. The van der Waals surface area contributed by atoms with Gasteiger partial charge in [-0.05, 0) is 6.42 Å². The molecular formula is C9H14O3. The Bertz CT molecular complexity index is 163. The molecular weight excluding hydrogens is 156 g/mol. The molecule has 1 unspecified atom stereocenters. The Kier molecular flexibility index (Phi) is 6.01. The van der Waals surface area contributed by atoms with Gasteiger partial charge >= 0.3 is 5.97 Å². The van der Waals surface area contributed by atoms with Crippen molar-refractivity contribution in [1.82, 2.24) is 0 Å². The van der Waals surface area contributed by atoms with Gasteiger partial charge in [0.2, 0.25) is 0 Å². The lowest BCUT2D eigenvalue weighted by molar-refractivity contribution is -0.138. The summed E-state index contributed by atoms with van der Waals surface area (Å²) in [5.41, 5.74) is 0. The minimum absolute atomic E-state index is 0.222. The van der Waals surface area contributed by atoms with Gasteiger partial charge in [-0.25, -0.2) is 4.79 Å². The molecule has 3 nitrogen and oxygen atoms in total. The second-order valence-corrected chi connectivity index (χ2v) is 2.34. The maximum atomic E-state index is 10.5. The first-order valence-electron chi connectivity index (χ1n) is 3.79. The van der Waals surface area contributed by atoms with Crippen LogP contribution in [0.1, 0.15) is 12.8 Å². The van der Waals surface area contributed by atoms with Gasteiger partial charge in [-0.15, -0.1) is 6.58 Å². The number of hydrogen-bond acceptors (Lipinski definition) is 3. The largest absolute Gasteiger partial charge is 0.462 e. The molecule has 1 atom stereocenters. The lowest BCUT2D eigenvalue weighted by atomic mass is 10.2. The third kappa shape index (κ3) is 5.68. The van der Waals surface area contributed by atoms with Gasteiger partial charge in [0.1, 0.15) is 0 Å². The van der Waals surface area contributed by atoms with Gasteiger partial charge in [0.05, 0.1) is 12.7 Å². The summed E-state index contributed by atoms with van der Waals surface area (Å²) in [6, 6.07) is 0. The fourth-order valence-electron chi connectivity index (χ4n) is 0.665. The van der Waals surface area contributed by atoms with E-state index in [0.717, 1.165) is 6.08 Å². The minimum Gasteiger partial charge on any atom is -0.462 e. The highest BCUT2D eigenvalue weighted by Crippen LogP contribution is 1.98. The van der Waals surface area contributed by atoms with Crippen LogP contribution in [-0.4, -0.2) is 23.8 Å². The second kappa shape index (κ2) is 6.61. The lowest BCUT2D eigenvalue weighted by Crippen LogP contribution is -2.11. The number of carbonyl (C=O) groups is 1. The summed E-state index contributed by atoms with van der Waals surface area (Å²) in [5, 5.41) is 9.15. The zero-order valence-electron chi connectivity index (χ0n) is 7.03. The summed E-state index contributed by atoms with van der Waals surface area (Å²) in [5.74, 6) is -0.458. The summed E-state index contributed by atoms with van der Waals surface area (Å²) in [4.78, 5) is 10.5. The summed E-state index contributed by atoms with van der Waals surface area (Å²) in [6.07, 6.45) is 3.21. The van der Waals surface area contributed by atoms with Gasteiger partial charge in [0, 0.05) is 12.5 Å². The van der Waals surface area contributed by atoms with Crippen LogP contribution in [0.5, 0.6) is 0 Å². The van der Waals surface area contributed by atoms with Crippen molar-refractivity contribution in [3.8, 4) is 0 Å². The molecule has 0 bridgehead atoms. The fraction of sp³-hybridized carbons (Fsp3) is 0.444. The molecule has 0 rings (SSSR count). The molecule has 0 saturated heterocycles.